The largest absolute Gasteiger partial charge is 0.494 e. The third kappa shape index (κ3) is 4.40. The summed E-state index contributed by atoms with van der Waals surface area (Å²) >= 11 is 0. The van der Waals surface area contributed by atoms with Crippen LogP contribution in [0, 0.1) is 23.2 Å². The summed E-state index contributed by atoms with van der Waals surface area (Å²) in [5.74, 6) is 2.89. The second-order valence-electron chi connectivity index (χ2n) is 8.97. The summed E-state index contributed by atoms with van der Waals surface area (Å²) in [5, 5.41) is 0. The molecule has 0 saturated heterocycles. The smallest absolute Gasteiger partial charge is 0.262 e. The van der Waals surface area contributed by atoms with Gasteiger partial charge in [0.1, 0.15) is 5.75 Å². The van der Waals surface area contributed by atoms with Crippen molar-refractivity contribution in [3.8, 4) is 5.75 Å². The molecule has 5 nitrogen and oxygen atoms in total. The van der Waals surface area contributed by atoms with Crippen LogP contribution in [0.5, 0.6) is 5.75 Å². The Morgan fingerprint density at radius 1 is 1.04 bits per heavy atom. The maximum Gasteiger partial charge on any atom is 0.262 e. The van der Waals surface area contributed by atoms with Crippen molar-refractivity contribution < 1.29 is 14.3 Å². The fraction of sp³-hybridized carbons (Fsp3) is 0.565. The Balaban J connectivity index is 1.24. The molecule has 1 aromatic rings. The van der Waals surface area contributed by atoms with Gasteiger partial charge in [0.25, 0.3) is 5.91 Å². The van der Waals surface area contributed by atoms with Gasteiger partial charge >= 0.3 is 0 Å². The zero-order chi connectivity index (χ0) is 19.6. The van der Waals surface area contributed by atoms with E-state index in [9.17, 15) is 9.59 Å². The summed E-state index contributed by atoms with van der Waals surface area (Å²) in [4.78, 5) is 24.5. The molecule has 4 bridgehead atoms. The fourth-order valence-corrected chi connectivity index (χ4v) is 6.08. The average Bonchev–Trinajstić information content (AvgIpc) is 2.64. The summed E-state index contributed by atoms with van der Waals surface area (Å²) in [5.41, 5.74) is 6.21. The molecule has 0 heterocycles. The third-order valence-electron chi connectivity index (χ3n) is 6.64. The van der Waals surface area contributed by atoms with Gasteiger partial charge in [-0.2, -0.15) is 0 Å². The van der Waals surface area contributed by atoms with E-state index in [4.69, 9.17) is 4.74 Å². The average molecular weight is 383 g/mol. The molecule has 4 aliphatic rings. The van der Waals surface area contributed by atoms with E-state index < -0.39 is 0 Å². The molecular weight excluding hydrogens is 352 g/mol. The standard InChI is InChI=1S/C23H30N2O3/c1-2-28-20-6-3-16(4-7-20)5-8-21(26)24-25-22(27)15-23-12-17-9-18(13-23)11-19(10-17)14-23/h3-8,17-19H,2,9-15H2,1H3,(H,24,26)(H,25,27)/b8-5+. The molecule has 28 heavy (non-hydrogen) atoms. The van der Waals surface area contributed by atoms with Gasteiger partial charge in [0, 0.05) is 12.5 Å². The topological polar surface area (TPSA) is 67.4 Å². The van der Waals surface area contributed by atoms with Gasteiger partial charge in [0.05, 0.1) is 6.61 Å². The first kappa shape index (κ1) is 19.0. The van der Waals surface area contributed by atoms with E-state index in [0.29, 0.717) is 13.0 Å². The molecule has 150 valence electrons. The van der Waals surface area contributed by atoms with Gasteiger partial charge in [-0.05, 0) is 92.4 Å². The van der Waals surface area contributed by atoms with E-state index in [2.05, 4.69) is 10.9 Å². The van der Waals surface area contributed by atoms with Crippen LogP contribution in [0.3, 0.4) is 0 Å². The van der Waals surface area contributed by atoms with Gasteiger partial charge in [-0.15, -0.1) is 0 Å². The highest BCUT2D eigenvalue weighted by Crippen LogP contribution is 2.61. The number of benzene rings is 1. The van der Waals surface area contributed by atoms with Gasteiger partial charge in [0.15, 0.2) is 0 Å². The lowest BCUT2D eigenvalue weighted by Gasteiger charge is -2.56. The number of hydrogen-bond donors (Lipinski definition) is 2. The van der Waals surface area contributed by atoms with Crippen molar-refractivity contribution in [1.82, 2.24) is 10.9 Å². The summed E-state index contributed by atoms with van der Waals surface area (Å²) in [7, 11) is 0. The molecule has 0 radical (unpaired) electrons. The second-order valence-corrected chi connectivity index (χ2v) is 8.97. The third-order valence-corrected chi connectivity index (χ3v) is 6.64. The zero-order valence-electron chi connectivity index (χ0n) is 16.6. The first-order valence-electron chi connectivity index (χ1n) is 10.5. The first-order chi connectivity index (χ1) is 13.5. The number of ether oxygens (including phenoxy) is 1. The molecule has 5 heteroatoms. The molecule has 0 unspecified atom stereocenters. The minimum Gasteiger partial charge on any atom is -0.494 e. The van der Waals surface area contributed by atoms with E-state index in [1.807, 2.05) is 31.2 Å². The van der Waals surface area contributed by atoms with Crippen molar-refractivity contribution in [2.75, 3.05) is 6.61 Å². The van der Waals surface area contributed by atoms with Crippen LogP contribution in [0.15, 0.2) is 30.3 Å². The minimum absolute atomic E-state index is 0.0650. The lowest BCUT2D eigenvalue weighted by molar-refractivity contribution is -0.133. The molecule has 0 atom stereocenters. The molecule has 1 aromatic carbocycles. The number of carbonyl (C=O) groups excluding carboxylic acids is 2. The highest BCUT2D eigenvalue weighted by molar-refractivity contribution is 5.93. The van der Waals surface area contributed by atoms with Crippen LogP contribution in [0.2, 0.25) is 0 Å². The van der Waals surface area contributed by atoms with E-state index in [1.165, 1.54) is 44.6 Å². The van der Waals surface area contributed by atoms with Gasteiger partial charge in [-0.3, -0.25) is 20.4 Å². The van der Waals surface area contributed by atoms with Crippen LogP contribution in [0.1, 0.15) is 57.4 Å². The Bertz CT molecular complexity index is 718. The number of amides is 2. The Morgan fingerprint density at radius 2 is 1.64 bits per heavy atom. The van der Waals surface area contributed by atoms with E-state index in [1.54, 1.807) is 6.08 Å². The number of nitrogens with one attached hydrogen (secondary N) is 2. The minimum atomic E-state index is -0.326. The highest BCUT2D eigenvalue weighted by atomic mass is 16.5. The fourth-order valence-electron chi connectivity index (χ4n) is 6.08. The van der Waals surface area contributed by atoms with Gasteiger partial charge in [-0.25, -0.2) is 0 Å². The lowest BCUT2D eigenvalue weighted by Crippen LogP contribution is -2.49. The number of hydrazine groups is 1. The van der Waals surface area contributed by atoms with Crippen LogP contribution in [0.25, 0.3) is 6.08 Å². The Kier molecular flexibility index (Phi) is 5.42. The predicted molar refractivity (Wildman–Crippen MR) is 108 cm³/mol. The molecule has 4 saturated carbocycles. The maximum absolute atomic E-state index is 12.4. The molecule has 5 rings (SSSR count). The summed E-state index contributed by atoms with van der Waals surface area (Å²) < 4.78 is 5.40. The monoisotopic (exact) mass is 382 g/mol. The van der Waals surface area contributed by atoms with Crippen LogP contribution in [-0.4, -0.2) is 18.4 Å². The highest BCUT2D eigenvalue weighted by Gasteiger charge is 2.51. The van der Waals surface area contributed by atoms with Crippen LogP contribution < -0.4 is 15.6 Å². The van der Waals surface area contributed by atoms with Crippen molar-refractivity contribution >= 4 is 17.9 Å². The normalized spacial score (nSPS) is 30.4. The van der Waals surface area contributed by atoms with Gasteiger partial charge in [-0.1, -0.05) is 12.1 Å². The second kappa shape index (κ2) is 7.98. The summed E-state index contributed by atoms with van der Waals surface area (Å²) in [6.45, 7) is 2.57. The molecule has 4 fully saturated rings. The van der Waals surface area contributed by atoms with E-state index >= 15 is 0 Å². The van der Waals surface area contributed by atoms with E-state index in [-0.39, 0.29) is 17.2 Å². The lowest BCUT2D eigenvalue weighted by atomic mass is 9.49. The summed E-state index contributed by atoms with van der Waals surface area (Å²) in [6, 6.07) is 7.52. The zero-order valence-corrected chi connectivity index (χ0v) is 16.6. The van der Waals surface area contributed by atoms with Gasteiger partial charge in [0.2, 0.25) is 5.91 Å². The molecule has 0 aromatic heterocycles. The Hall–Kier alpha value is -2.30. The van der Waals surface area contributed by atoms with Crippen molar-refractivity contribution in [3.05, 3.63) is 35.9 Å². The summed E-state index contributed by atoms with van der Waals surface area (Å²) in [6.07, 6.45) is 11.4. The number of rotatable bonds is 6. The molecule has 2 N–H and O–H groups in total. The number of hydrogen-bond acceptors (Lipinski definition) is 3. The van der Waals surface area contributed by atoms with Gasteiger partial charge < -0.3 is 4.74 Å². The molecule has 0 spiro atoms. The van der Waals surface area contributed by atoms with Crippen LogP contribution in [-0.2, 0) is 9.59 Å². The van der Waals surface area contributed by atoms with Crippen molar-refractivity contribution in [2.45, 2.75) is 51.9 Å². The van der Waals surface area contributed by atoms with Crippen molar-refractivity contribution in [1.29, 1.82) is 0 Å². The number of carbonyl (C=O) groups is 2. The molecule has 4 aliphatic carbocycles. The molecule has 2 amide bonds. The van der Waals surface area contributed by atoms with Crippen LogP contribution >= 0.6 is 0 Å². The van der Waals surface area contributed by atoms with Crippen molar-refractivity contribution in [2.24, 2.45) is 23.2 Å². The Morgan fingerprint density at radius 3 is 2.21 bits per heavy atom. The Labute approximate surface area is 166 Å². The molecular formula is C23H30N2O3. The van der Waals surface area contributed by atoms with E-state index in [0.717, 1.165) is 29.1 Å². The van der Waals surface area contributed by atoms with Crippen molar-refractivity contribution in [3.63, 3.8) is 0 Å². The maximum atomic E-state index is 12.4. The SMILES string of the molecule is CCOc1ccc(/C=C/C(=O)NNC(=O)CC23CC4CC(CC(C4)C2)C3)cc1. The quantitative estimate of drug-likeness (QED) is 0.580. The molecule has 0 aliphatic heterocycles. The van der Waals surface area contributed by atoms with Crippen LogP contribution in [0.4, 0.5) is 0 Å². The predicted octanol–water partition coefficient (Wildman–Crippen LogP) is 3.85. The first-order valence-corrected chi connectivity index (χ1v) is 10.5.